The van der Waals surface area contributed by atoms with Crippen LogP contribution in [0.3, 0.4) is 0 Å². The van der Waals surface area contributed by atoms with Gasteiger partial charge in [-0.05, 0) is 56.1 Å². The Hall–Kier alpha value is -1.05. The van der Waals surface area contributed by atoms with Crippen LogP contribution >= 0.6 is 15.9 Å². The number of hydrogen-bond acceptors (Lipinski definition) is 5. The molecule has 1 amide bonds. The summed E-state index contributed by atoms with van der Waals surface area (Å²) in [6, 6.07) is 1.86. The van der Waals surface area contributed by atoms with Crippen molar-refractivity contribution in [2.45, 2.75) is 64.4 Å². The molecule has 1 heterocycles. The summed E-state index contributed by atoms with van der Waals surface area (Å²) in [5, 5.41) is 6.31. The molecule has 0 spiro atoms. The number of carbonyl (C=O) groups is 1. The molecule has 23 heavy (non-hydrogen) atoms. The number of nitrogens with one attached hydrogen (secondary N) is 2. The molecule has 6 nitrogen and oxygen atoms in total. The van der Waals surface area contributed by atoms with Crippen LogP contribution in [-0.2, 0) is 16.0 Å². The average molecular weight is 389 g/mol. The van der Waals surface area contributed by atoms with E-state index in [1.165, 1.54) is 0 Å². The Kier molecular flexibility index (Phi) is 6.11. The number of amides is 1. The molecule has 130 valence electrons. The largest absolute Gasteiger partial charge is 0.467 e. The predicted octanol–water partition coefficient (Wildman–Crippen LogP) is 3.20. The zero-order valence-electron chi connectivity index (χ0n) is 14.0. The van der Waals surface area contributed by atoms with Crippen molar-refractivity contribution < 1.29 is 18.7 Å². The highest BCUT2D eigenvalue weighted by Crippen LogP contribution is 2.26. The van der Waals surface area contributed by atoms with E-state index in [4.69, 9.17) is 13.9 Å². The van der Waals surface area contributed by atoms with E-state index in [9.17, 15) is 4.79 Å². The number of alkyl carbamates (subject to hydrolysis) is 1. The third-order valence-electron chi connectivity index (χ3n) is 3.59. The van der Waals surface area contributed by atoms with Crippen molar-refractivity contribution >= 4 is 22.0 Å². The van der Waals surface area contributed by atoms with Gasteiger partial charge in [0.05, 0.1) is 35.5 Å². The number of furan rings is 1. The van der Waals surface area contributed by atoms with Crippen molar-refractivity contribution in [3.63, 3.8) is 0 Å². The van der Waals surface area contributed by atoms with Gasteiger partial charge in [-0.25, -0.2) is 4.79 Å². The van der Waals surface area contributed by atoms with Gasteiger partial charge in [0.25, 0.3) is 0 Å². The van der Waals surface area contributed by atoms with E-state index < -0.39 is 11.7 Å². The SMILES string of the molecule is CCOC1CC(NC(=O)OC(C)(C)C)C1NCc1occc1Br. The molecule has 3 atom stereocenters. The van der Waals surface area contributed by atoms with Crippen molar-refractivity contribution in [2.75, 3.05) is 6.61 Å². The van der Waals surface area contributed by atoms with E-state index in [1.807, 2.05) is 33.8 Å². The molecule has 1 aliphatic carbocycles. The van der Waals surface area contributed by atoms with E-state index in [1.54, 1.807) is 6.26 Å². The summed E-state index contributed by atoms with van der Waals surface area (Å²) < 4.78 is 17.3. The van der Waals surface area contributed by atoms with Gasteiger partial charge >= 0.3 is 6.09 Å². The van der Waals surface area contributed by atoms with Crippen LogP contribution < -0.4 is 10.6 Å². The minimum atomic E-state index is -0.505. The highest BCUT2D eigenvalue weighted by atomic mass is 79.9. The van der Waals surface area contributed by atoms with Crippen LogP contribution in [0.1, 0.15) is 39.9 Å². The van der Waals surface area contributed by atoms with E-state index in [0.717, 1.165) is 16.7 Å². The van der Waals surface area contributed by atoms with Crippen molar-refractivity contribution in [3.8, 4) is 0 Å². The topological polar surface area (TPSA) is 72.7 Å². The Morgan fingerprint density at radius 3 is 2.78 bits per heavy atom. The summed E-state index contributed by atoms with van der Waals surface area (Å²) in [7, 11) is 0. The lowest BCUT2D eigenvalue weighted by atomic mass is 9.82. The Labute approximate surface area is 145 Å². The summed E-state index contributed by atoms with van der Waals surface area (Å²) in [6.07, 6.45) is 2.08. The van der Waals surface area contributed by atoms with Crippen LogP contribution in [0.4, 0.5) is 4.79 Å². The summed E-state index contributed by atoms with van der Waals surface area (Å²) in [4.78, 5) is 11.9. The molecular weight excluding hydrogens is 364 g/mol. The Morgan fingerprint density at radius 2 is 2.22 bits per heavy atom. The van der Waals surface area contributed by atoms with E-state index in [-0.39, 0.29) is 18.2 Å². The summed E-state index contributed by atoms with van der Waals surface area (Å²) in [6.45, 7) is 8.72. The number of carbonyl (C=O) groups excluding carboxylic acids is 1. The van der Waals surface area contributed by atoms with Gasteiger partial charge in [0.1, 0.15) is 11.4 Å². The van der Waals surface area contributed by atoms with Crippen molar-refractivity contribution in [1.82, 2.24) is 10.6 Å². The Morgan fingerprint density at radius 1 is 1.48 bits per heavy atom. The number of ether oxygens (including phenoxy) is 2. The van der Waals surface area contributed by atoms with Gasteiger partial charge < -0.3 is 24.5 Å². The summed E-state index contributed by atoms with van der Waals surface area (Å²) in [5.41, 5.74) is -0.505. The minimum Gasteiger partial charge on any atom is -0.467 e. The Balaban J connectivity index is 1.89. The third kappa shape index (κ3) is 5.22. The molecule has 0 bridgehead atoms. The van der Waals surface area contributed by atoms with Crippen LogP contribution in [0.2, 0.25) is 0 Å². The minimum absolute atomic E-state index is 0.0184. The molecule has 1 fully saturated rings. The smallest absolute Gasteiger partial charge is 0.407 e. The standard InChI is InChI=1S/C16H25BrN2O4/c1-5-21-12-8-11(19-15(20)23-16(2,3)4)14(12)18-9-13-10(17)6-7-22-13/h6-7,11-12,14,18H,5,8-9H2,1-4H3,(H,19,20). The van der Waals surface area contributed by atoms with Crippen LogP contribution in [0.5, 0.6) is 0 Å². The van der Waals surface area contributed by atoms with Gasteiger partial charge in [0, 0.05) is 6.61 Å². The third-order valence-corrected chi connectivity index (χ3v) is 4.30. The lowest BCUT2D eigenvalue weighted by Crippen LogP contribution is -2.66. The number of halogens is 1. The highest BCUT2D eigenvalue weighted by Gasteiger charge is 2.43. The molecule has 1 aliphatic rings. The summed E-state index contributed by atoms with van der Waals surface area (Å²) >= 11 is 3.44. The monoisotopic (exact) mass is 388 g/mol. The van der Waals surface area contributed by atoms with Crippen molar-refractivity contribution in [1.29, 1.82) is 0 Å². The van der Waals surface area contributed by atoms with Gasteiger partial charge in [-0.1, -0.05) is 0 Å². The molecule has 1 saturated carbocycles. The van der Waals surface area contributed by atoms with Gasteiger partial charge in [-0.15, -0.1) is 0 Å². The van der Waals surface area contributed by atoms with E-state index >= 15 is 0 Å². The lowest BCUT2D eigenvalue weighted by molar-refractivity contribution is -0.0442. The first-order chi connectivity index (χ1) is 10.8. The van der Waals surface area contributed by atoms with Crippen LogP contribution in [0.15, 0.2) is 21.2 Å². The number of hydrogen-bond donors (Lipinski definition) is 2. The molecule has 0 radical (unpaired) electrons. The average Bonchev–Trinajstić information content (AvgIpc) is 2.81. The molecule has 1 aromatic rings. The molecule has 3 unspecified atom stereocenters. The fourth-order valence-corrected chi connectivity index (χ4v) is 2.88. The first-order valence-electron chi connectivity index (χ1n) is 7.86. The molecule has 0 aliphatic heterocycles. The van der Waals surface area contributed by atoms with Crippen molar-refractivity contribution in [3.05, 3.63) is 22.6 Å². The fourth-order valence-electron chi connectivity index (χ4n) is 2.54. The second-order valence-electron chi connectivity index (χ2n) is 6.58. The molecule has 0 aromatic carbocycles. The molecule has 2 N–H and O–H groups in total. The maximum atomic E-state index is 11.9. The summed E-state index contributed by atoms with van der Waals surface area (Å²) in [5.74, 6) is 0.822. The predicted molar refractivity (Wildman–Crippen MR) is 90.2 cm³/mol. The zero-order valence-corrected chi connectivity index (χ0v) is 15.6. The first-order valence-corrected chi connectivity index (χ1v) is 8.66. The van der Waals surface area contributed by atoms with Crippen LogP contribution in [0.25, 0.3) is 0 Å². The molecule has 2 rings (SSSR count). The van der Waals surface area contributed by atoms with Crippen molar-refractivity contribution in [2.24, 2.45) is 0 Å². The fraction of sp³-hybridized carbons (Fsp3) is 0.688. The van der Waals surface area contributed by atoms with Gasteiger partial charge in [-0.3, -0.25) is 0 Å². The molecule has 7 heteroatoms. The van der Waals surface area contributed by atoms with Gasteiger partial charge in [0.15, 0.2) is 0 Å². The Bertz CT molecular complexity index is 526. The normalized spacial score (nSPS) is 24.1. The van der Waals surface area contributed by atoms with Gasteiger partial charge in [-0.2, -0.15) is 0 Å². The highest BCUT2D eigenvalue weighted by molar-refractivity contribution is 9.10. The zero-order chi connectivity index (χ0) is 17.0. The lowest BCUT2D eigenvalue weighted by Gasteiger charge is -2.44. The maximum absolute atomic E-state index is 11.9. The van der Waals surface area contributed by atoms with Crippen LogP contribution in [-0.4, -0.2) is 36.5 Å². The van der Waals surface area contributed by atoms with E-state index in [2.05, 4.69) is 26.6 Å². The molecule has 0 saturated heterocycles. The van der Waals surface area contributed by atoms with Gasteiger partial charge in [0.2, 0.25) is 0 Å². The first kappa shape index (κ1) is 18.3. The second-order valence-corrected chi connectivity index (χ2v) is 7.43. The molecular formula is C16H25BrN2O4. The maximum Gasteiger partial charge on any atom is 0.407 e. The quantitative estimate of drug-likeness (QED) is 0.782. The van der Waals surface area contributed by atoms with Crippen LogP contribution in [0, 0.1) is 0 Å². The molecule has 1 aromatic heterocycles. The number of rotatable bonds is 6. The second kappa shape index (κ2) is 7.68. The van der Waals surface area contributed by atoms with E-state index in [0.29, 0.717) is 13.2 Å².